The van der Waals surface area contributed by atoms with E-state index in [9.17, 15) is 0 Å². The summed E-state index contributed by atoms with van der Waals surface area (Å²) >= 11 is 6.39. The summed E-state index contributed by atoms with van der Waals surface area (Å²) in [6.45, 7) is 7.08. The van der Waals surface area contributed by atoms with Gasteiger partial charge in [-0.2, -0.15) is 0 Å². The third-order valence-corrected chi connectivity index (χ3v) is 6.35. The molecule has 32 heavy (non-hydrogen) atoms. The van der Waals surface area contributed by atoms with Gasteiger partial charge in [-0.05, 0) is 54.4 Å². The molecule has 0 aliphatic carbocycles. The molecule has 0 bridgehead atoms. The Balaban J connectivity index is 1.39. The van der Waals surface area contributed by atoms with E-state index in [1.54, 1.807) is 7.11 Å². The number of piperazine rings is 1. The Morgan fingerprint density at radius 3 is 2.31 bits per heavy atom. The molecule has 0 radical (unpaired) electrons. The zero-order valence-corrected chi connectivity index (χ0v) is 19.6. The number of anilines is 1. The maximum atomic E-state index is 6.46. The number of benzene rings is 3. The van der Waals surface area contributed by atoms with E-state index in [-0.39, 0.29) is 6.10 Å². The first kappa shape index (κ1) is 22.5. The van der Waals surface area contributed by atoms with Crippen LogP contribution in [-0.4, -0.2) is 44.7 Å². The zero-order valence-electron chi connectivity index (χ0n) is 18.8. The van der Waals surface area contributed by atoms with Crippen molar-refractivity contribution in [3.05, 3.63) is 88.9 Å². The van der Waals surface area contributed by atoms with Gasteiger partial charge in [-0.1, -0.05) is 48.0 Å². The SMILES string of the molecule is COc1ccc(C(CCN2CCN(c3ccccc3Cl)CC2)Oc2cccc(C)c2)cc1. The van der Waals surface area contributed by atoms with Gasteiger partial charge in [0.1, 0.15) is 17.6 Å². The molecule has 0 spiro atoms. The molecule has 0 amide bonds. The lowest BCUT2D eigenvalue weighted by atomic mass is 10.1. The molecule has 168 valence electrons. The monoisotopic (exact) mass is 450 g/mol. The van der Waals surface area contributed by atoms with Gasteiger partial charge in [0, 0.05) is 39.1 Å². The molecule has 1 atom stereocenters. The molecule has 1 aliphatic heterocycles. The van der Waals surface area contributed by atoms with Crippen LogP contribution in [-0.2, 0) is 0 Å². The molecule has 1 heterocycles. The van der Waals surface area contributed by atoms with Crippen LogP contribution in [0.3, 0.4) is 0 Å². The van der Waals surface area contributed by atoms with Gasteiger partial charge in [0.25, 0.3) is 0 Å². The van der Waals surface area contributed by atoms with Crippen LogP contribution >= 0.6 is 11.6 Å². The minimum absolute atomic E-state index is 0.00990. The normalized spacial score (nSPS) is 15.4. The fourth-order valence-corrected chi connectivity index (χ4v) is 4.44. The third-order valence-electron chi connectivity index (χ3n) is 6.03. The number of nitrogens with zero attached hydrogens (tertiary/aromatic N) is 2. The van der Waals surface area contributed by atoms with Gasteiger partial charge < -0.3 is 14.4 Å². The lowest BCUT2D eigenvalue weighted by Gasteiger charge is -2.37. The van der Waals surface area contributed by atoms with Crippen LogP contribution in [0, 0.1) is 6.92 Å². The molecular formula is C27H31ClN2O2. The van der Waals surface area contributed by atoms with Gasteiger partial charge in [-0.15, -0.1) is 0 Å². The highest BCUT2D eigenvalue weighted by atomic mass is 35.5. The Morgan fingerprint density at radius 1 is 0.875 bits per heavy atom. The summed E-state index contributed by atoms with van der Waals surface area (Å²) in [7, 11) is 1.69. The van der Waals surface area contributed by atoms with E-state index < -0.39 is 0 Å². The molecule has 1 unspecified atom stereocenters. The largest absolute Gasteiger partial charge is 0.497 e. The van der Waals surface area contributed by atoms with E-state index >= 15 is 0 Å². The minimum Gasteiger partial charge on any atom is -0.497 e. The molecule has 3 aromatic rings. The zero-order chi connectivity index (χ0) is 22.3. The van der Waals surface area contributed by atoms with E-state index in [2.05, 4.69) is 53.1 Å². The number of ether oxygens (including phenoxy) is 2. The van der Waals surface area contributed by atoms with E-state index in [1.165, 1.54) is 11.1 Å². The summed E-state index contributed by atoms with van der Waals surface area (Å²) < 4.78 is 11.8. The number of hydrogen-bond donors (Lipinski definition) is 0. The van der Waals surface area contributed by atoms with E-state index in [1.807, 2.05) is 36.4 Å². The number of aryl methyl sites for hydroxylation is 1. The van der Waals surface area contributed by atoms with Crippen molar-refractivity contribution in [2.24, 2.45) is 0 Å². The predicted molar refractivity (Wildman–Crippen MR) is 132 cm³/mol. The number of methoxy groups -OCH3 is 1. The van der Waals surface area contributed by atoms with Crippen molar-refractivity contribution < 1.29 is 9.47 Å². The highest BCUT2D eigenvalue weighted by molar-refractivity contribution is 6.33. The van der Waals surface area contributed by atoms with Crippen LogP contribution in [0.15, 0.2) is 72.8 Å². The first-order valence-electron chi connectivity index (χ1n) is 11.2. The average Bonchev–Trinajstić information content (AvgIpc) is 2.83. The van der Waals surface area contributed by atoms with Gasteiger partial charge in [-0.25, -0.2) is 0 Å². The highest BCUT2D eigenvalue weighted by Crippen LogP contribution is 2.29. The minimum atomic E-state index is -0.00990. The first-order chi connectivity index (χ1) is 15.6. The number of halogens is 1. The highest BCUT2D eigenvalue weighted by Gasteiger charge is 2.21. The summed E-state index contributed by atoms with van der Waals surface area (Å²) in [6.07, 6.45) is 0.913. The maximum Gasteiger partial charge on any atom is 0.125 e. The lowest BCUT2D eigenvalue weighted by Crippen LogP contribution is -2.47. The lowest BCUT2D eigenvalue weighted by molar-refractivity contribution is 0.160. The average molecular weight is 451 g/mol. The fourth-order valence-electron chi connectivity index (χ4n) is 4.19. The Bertz CT molecular complexity index is 1000. The second-order valence-corrected chi connectivity index (χ2v) is 8.67. The summed E-state index contributed by atoms with van der Waals surface area (Å²) in [4.78, 5) is 4.90. The molecule has 0 N–H and O–H groups in total. The molecule has 5 heteroatoms. The first-order valence-corrected chi connectivity index (χ1v) is 11.6. The van der Waals surface area contributed by atoms with Crippen LogP contribution in [0.25, 0.3) is 0 Å². The molecule has 4 nitrogen and oxygen atoms in total. The van der Waals surface area contributed by atoms with Crippen molar-refractivity contribution in [1.29, 1.82) is 0 Å². The van der Waals surface area contributed by atoms with Crippen molar-refractivity contribution in [3.8, 4) is 11.5 Å². The standard InChI is InChI=1S/C27H31ClN2O2/c1-21-6-5-7-24(20-21)32-27(22-10-12-23(31-2)13-11-22)14-15-29-16-18-30(19-17-29)26-9-4-3-8-25(26)28/h3-13,20,27H,14-19H2,1-2H3. The molecule has 1 fully saturated rings. The Kier molecular flexibility index (Phi) is 7.56. The Morgan fingerprint density at radius 2 is 1.62 bits per heavy atom. The van der Waals surface area contributed by atoms with Crippen LogP contribution in [0.4, 0.5) is 5.69 Å². The van der Waals surface area contributed by atoms with Crippen molar-refractivity contribution in [1.82, 2.24) is 4.90 Å². The Hall–Kier alpha value is -2.69. The van der Waals surface area contributed by atoms with Crippen molar-refractivity contribution >= 4 is 17.3 Å². The predicted octanol–water partition coefficient (Wildman–Crippen LogP) is 5.99. The quantitative estimate of drug-likeness (QED) is 0.421. The maximum absolute atomic E-state index is 6.46. The van der Waals surface area contributed by atoms with Gasteiger partial charge in [0.05, 0.1) is 17.8 Å². The van der Waals surface area contributed by atoms with Crippen LogP contribution in [0.1, 0.15) is 23.7 Å². The summed E-state index contributed by atoms with van der Waals surface area (Å²) in [6, 6.07) is 24.6. The second kappa shape index (κ2) is 10.8. The molecule has 3 aromatic carbocycles. The van der Waals surface area contributed by atoms with Crippen molar-refractivity contribution in [3.63, 3.8) is 0 Å². The fraction of sp³-hybridized carbons (Fsp3) is 0.333. The molecule has 0 aromatic heterocycles. The number of rotatable bonds is 8. The summed E-state index contributed by atoms with van der Waals surface area (Å²) in [5, 5.41) is 0.826. The topological polar surface area (TPSA) is 24.9 Å². The van der Waals surface area contributed by atoms with Crippen LogP contribution < -0.4 is 14.4 Å². The van der Waals surface area contributed by atoms with Crippen molar-refractivity contribution in [2.45, 2.75) is 19.4 Å². The third kappa shape index (κ3) is 5.76. The van der Waals surface area contributed by atoms with Crippen LogP contribution in [0.5, 0.6) is 11.5 Å². The molecule has 4 rings (SSSR count). The van der Waals surface area contributed by atoms with E-state index in [4.69, 9.17) is 21.1 Å². The smallest absolute Gasteiger partial charge is 0.125 e. The van der Waals surface area contributed by atoms with Gasteiger partial charge in [0.15, 0.2) is 0 Å². The van der Waals surface area contributed by atoms with Gasteiger partial charge >= 0.3 is 0 Å². The summed E-state index contributed by atoms with van der Waals surface area (Å²) in [5.74, 6) is 1.77. The Labute approximate surface area is 196 Å². The summed E-state index contributed by atoms with van der Waals surface area (Å²) in [5.41, 5.74) is 3.50. The number of para-hydroxylation sites is 1. The molecule has 1 saturated heterocycles. The number of hydrogen-bond acceptors (Lipinski definition) is 4. The van der Waals surface area contributed by atoms with E-state index in [0.29, 0.717) is 0 Å². The molecular weight excluding hydrogens is 420 g/mol. The van der Waals surface area contributed by atoms with Gasteiger partial charge in [0.2, 0.25) is 0 Å². The van der Waals surface area contributed by atoms with E-state index in [0.717, 1.165) is 61.4 Å². The van der Waals surface area contributed by atoms with Crippen molar-refractivity contribution in [2.75, 3.05) is 44.7 Å². The molecule has 0 saturated carbocycles. The van der Waals surface area contributed by atoms with Crippen LogP contribution in [0.2, 0.25) is 5.02 Å². The van der Waals surface area contributed by atoms with Gasteiger partial charge in [-0.3, -0.25) is 4.90 Å². The second-order valence-electron chi connectivity index (χ2n) is 8.26. The molecule has 1 aliphatic rings.